The second-order valence-corrected chi connectivity index (χ2v) is 3.61. The topological polar surface area (TPSA) is 46.2 Å². The van der Waals surface area contributed by atoms with Gasteiger partial charge >= 0.3 is 0 Å². The van der Waals surface area contributed by atoms with E-state index in [0.717, 1.165) is 5.56 Å². The molecular formula is C14H15NO2. The van der Waals surface area contributed by atoms with Crippen molar-refractivity contribution in [2.75, 3.05) is 5.32 Å². The van der Waals surface area contributed by atoms with E-state index >= 15 is 0 Å². The molecule has 0 saturated heterocycles. The van der Waals surface area contributed by atoms with Crippen molar-refractivity contribution in [3.8, 4) is 0 Å². The molecule has 0 aromatic heterocycles. The molecule has 0 radical (unpaired) electrons. The molecule has 1 N–H and O–H groups in total. The van der Waals surface area contributed by atoms with Crippen molar-refractivity contribution in [2.24, 2.45) is 0 Å². The highest BCUT2D eigenvalue weighted by molar-refractivity contribution is 6.00. The molecule has 0 aliphatic rings. The quantitative estimate of drug-likeness (QED) is 0.479. The number of carbonyl (C=O) groups is 2. The summed E-state index contributed by atoms with van der Waals surface area (Å²) in [5.41, 5.74) is 2.17. The minimum atomic E-state index is -0.272. The van der Waals surface area contributed by atoms with E-state index in [1.165, 1.54) is 13.0 Å². The summed E-state index contributed by atoms with van der Waals surface area (Å²) in [7, 11) is 0. The van der Waals surface area contributed by atoms with Crippen LogP contribution in [0.1, 0.15) is 22.8 Å². The highest BCUT2D eigenvalue weighted by Crippen LogP contribution is 2.19. The standard InChI is InChI=1S/C14H15NO2/c1-4-6-12-9-11(10(3)16)7-8-13(12)15-14(17)5-2/h4-5,7-9H,1-2,6H2,3H3,(H,15,17). The summed E-state index contributed by atoms with van der Waals surface area (Å²) in [6.07, 6.45) is 3.52. The van der Waals surface area contributed by atoms with Gasteiger partial charge in [0.2, 0.25) is 5.91 Å². The fraction of sp³-hybridized carbons (Fsp3) is 0.143. The predicted molar refractivity (Wildman–Crippen MR) is 69.2 cm³/mol. The molecule has 17 heavy (non-hydrogen) atoms. The maximum absolute atomic E-state index is 11.3. The maximum Gasteiger partial charge on any atom is 0.247 e. The number of amides is 1. The third-order valence-electron chi connectivity index (χ3n) is 2.32. The monoisotopic (exact) mass is 229 g/mol. The van der Waals surface area contributed by atoms with Gasteiger partial charge in [0.05, 0.1) is 0 Å². The third kappa shape index (κ3) is 3.41. The first kappa shape index (κ1) is 12.9. The lowest BCUT2D eigenvalue weighted by atomic mass is 10.0. The number of hydrogen-bond donors (Lipinski definition) is 1. The molecule has 1 amide bonds. The van der Waals surface area contributed by atoms with Crippen molar-refractivity contribution in [3.05, 3.63) is 54.6 Å². The summed E-state index contributed by atoms with van der Waals surface area (Å²) in [4.78, 5) is 22.5. The van der Waals surface area contributed by atoms with Gasteiger partial charge in [0.1, 0.15) is 0 Å². The summed E-state index contributed by atoms with van der Waals surface area (Å²) in [5.74, 6) is -0.275. The molecule has 0 bridgehead atoms. The Labute approximate surface area is 101 Å². The molecule has 3 nitrogen and oxygen atoms in total. The lowest BCUT2D eigenvalue weighted by molar-refractivity contribution is -0.111. The average molecular weight is 229 g/mol. The van der Waals surface area contributed by atoms with Gasteiger partial charge in [0.25, 0.3) is 0 Å². The van der Waals surface area contributed by atoms with Crippen LogP contribution in [0.2, 0.25) is 0 Å². The fourth-order valence-electron chi connectivity index (χ4n) is 1.44. The second kappa shape index (κ2) is 5.80. The Kier molecular flexibility index (Phi) is 4.40. The first-order chi connectivity index (χ1) is 8.08. The Balaban J connectivity index is 3.11. The Morgan fingerprint density at radius 3 is 2.59 bits per heavy atom. The van der Waals surface area contributed by atoms with Crippen LogP contribution < -0.4 is 5.32 Å². The molecule has 0 aliphatic heterocycles. The predicted octanol–water partition coefficient (Wildman–Crippen LogP) is 2.74. The highest BCUT2D eigenvalue weighted by atomic mass is 16.1. The Morgan fingerprint density at radius 2 is 2.06 bits per heavy atom. The van der Waals surface area contributed by atoms with Crippen molar-refractivity contribution in [1.29, 1.82) is 0 Å². The molecular weight excluding hydrogens is 214 g/mol. The largest absolute Gasteiger partial charge is 0.322 e. The van der Waals surface area contributed by atoms with Crippen molar-refractivity contribution in [2.45, 2.75) is 13.3 Å². The molecule has 1 rings (SSSR count). The van der Waals surface area contributed by atoms with E-state index in [1.54, 1.807) is 24.3 Å². The zero-order valence-corrected chi connectivity index (χ0v) is 9.82. The average Bonchev–Trinajstić information content (AvgIpc) is 2.31. The van der Waals surface area contributed by atoms with E-state index in [0.29, 0.717) is 17.7 Å². The number of Topliss-reactive ketones (excluding diaryl/α,β-unsaturated/α-hetero) is 1. The highest BCUT2D eigenvalue weighted by Gasteiger charge is 2.07. The van der Waals surface area contributed by atoms with Gasteiger partial charge in [-0.2, -0.15) is 0 Å². The molecule has 1 aromatic rings. The summed E-state index contributed by atoms with van der Waals surface area (Å²) in [6.45, 7) is 8.55. The van der Waals surface area contributed by atoms with E-state index in [2.05, 4.69) is 18.5 Å². The summed E-state index contributed by atoms with van der Waals surface area (Å²) in [6, 6.07) is 5.17. The van der Waals surface area contributed by atoms with Crippen molar-refractivity contribution < 1.29 is 9.59 Å². The number of allylic oxidation sites excluding steroid dienone is 1. The van der Waals surface area contributed by atoms with Crippen LogP contribution >= 0.6 is 0 Å². The van der Waals surface area contributed by atoms with E-state index in [1.807, 2.05) is 0 Å². The van der Waals surface area contributed by atoms with Gasteiger partial charge in [0, 0.05) is 11.3 Å². The molecule has 0 aliphatic carbocycles. The van der Waals surface area contributed by atoms with Gasteiger partial charge in [-0.05, 0) is 43.2 Å². The van der Waals surface area contributed by atoms with Gasteiger partial charge < -0.3 is 5.32 Å². The van der Waals surface area contributed by atoms with Gasteiger partial charge in [-0.3, -0.25) is 9.59 Å². The smallest absolute Gasteiger partial charge is 0.247 e. The van der Waals surface area contributed by atoms with Crippen LogP contribution in [0, 0.1) is 0 Å². The number of anilines is 1. The Morgan fingerprint density at radius 1 is 1.35 bits per heavy atom. The maximum atomic E-state index is 11.3. The van der Waals surface area contributed by atoms with Gasteiger partial charge in [0.15, 0.2) is 5.78 Å². The Hall–Kier alpha value is -2.16. The van der Waals surface area contributed by atoms with Crippen LogP contribution in [0.3, 0.4) is 0 Å². The van der Waals surface area contributed by atoms with Crippen LogP contribution in [0.15, 0.2) is 43.5 Å². The summed E-state index contributed by atoms with van der Waals surface area (Å²) in [5, 5.41) is 2.70. The van der Waals surface area contributed by atoms with E-state index in [4.69, 9.17) is 0 Å². The van der Waals surface area contributed by atoms with Crippen LogP contribution in [-0.4, -0.2) is 11.7 Å². The minimum absolute atomic E-state index is 0.00286. The van der Waals surface area contributed by atoms with Crippen LogP contribution in [0.25, 0.3) is 0 Å². The molecule has 0 spiro atoms. The van der Waals surface area contributed by atoms with Gasteiger partial charge in [-0.25, -0.2) is 0 Å². The van der Waals surface area contributed by atoms with Crippen LogP contribution in [0.5, 0.6) is 0 Å². The molecule has 3 heteroatoms. The van der Waals surface area contributed by atoms with Crippen molar-refractivity contribution >= 4 is 17.4 Å². The second-order valence-electron chi connectivity index (χ2n) is 3.61. The molecule has 0 heterocycles. The number of hydrogen-bond acceptors (Lipinski definition) is 2. The van der Waals surface area contributed by atoms with E-state index in [9.17, 15) is 9.59 Å². The van der Waals surface area contributed by atoms with E-state index in [-0.39, 0.29) is 11.7 Å². The molecule has 0 saturated carbocycles. The lowest BCUT2D eigenvalue weighted by Gasteiger charge is -2.09. The summed E-state index contributed by atoms with van der Waals surface area (Å²) >= 11 is 0. The molecule has 0 fully saturated rings. The molecule has 0 atom stereocenters. The first-order valence-electron chi connectivity index (χ1n) is 5.26. The molecule has 1 aromatic carbocycles. The van der Waals surface area contributed by atoms with Gasteiger partial charge in [-0.1, -0.05) is 12.7 Å². The van der Waals surface area contributed by atoms with Crippen LogP contribution in [-0.2, 0) is 11.2 Å². The fourth-order valence-corrected chi connectivity index (χ4v) is 1.44. The van der Waals surface area contributed by atoms with E-state index < -0.39 is 0 Å². The SMILES string of the molecule is C=CCc1cc(C(C)=O)ccc1NC(=O)C=C. The number of nitrogens with one attached hydrogen (secondary N) is 1. The molecule has 0 unspecified atom stereocenters. The number of benzene rings is 1. The third-order valence-corrected chi connectivity index (χ3v) is 2.32. The molecule has 88 valence electrons. The number of rotatable bonds is 5. The van der Waals surface area contributed by atoms with Crippen molar-refractivity contribution in [3.63, 3.8) is 0 Å². The lowest BCUT2D eigenvalue weighted by Crippen LogP contribution is -2.10. The number of carbonyl (C=O) groups excluding carboxylic acids is 2. The van der Waals surface area contributed by atoms with Gasteiger partial charge in [-0.15, -0.1) is 6.58 Å². The zero-order chi connectivity index (χ0) is 12.8. The first-order valence-corrected chi connectivity index (χ1v) is 5.26. The Bertz CT molecular complexity index is 475. The minimum Gasteiger partial charge on any atom is -0.322 e. The zero-order valence-electron chi connectivity index (χ0n) is 9.82. The number of ketones is 1. The normalized spacial score (nSPS) is 9.47. The summed E-state index contributed by atoms with van der Waals surface area (Å²) < 4.78 is 0. The van der Waals surface area contributed by atoms with Crippen LogP contribution in [0.4, 0.5) is 5.69 Å². The van der Waals surface area contributed by atoms with Crippen molar-refractivity contribution in [1.82, 2.24) is 0 Å².